The van der Waals surface area contributed by atoms with Gasteiger partial charge in [0.25, 0.3) is 0 Å². The zero-order valence-corrected chi connectivity index (χ0v) is 18.0. The molecule has 1 atom stereocenters. The Bertz CT molecular complexity index is 717. The minimum atomic E-state index is -0.440. The van der Waals surface area contributed by atoms with E-state index in [-0.39, 0.29) is 11.5 Å². The molecule has 0 aliphatic carbocycles. The summed E-state index contributed by atoms with van der Waals surface area (Å²) < 4.78 is 12.5. The quantitative estimate of drug-likeness (QED) is 0.656. The summed E-state index contributed by atoms with van der Waals surface area (Å²) in [6, 6.07) is 7.12. The number of fused-ring (bicyclic) bond motifs is 2. The molecule has 2 saturated heterocycles. The van der Waals surface area contributed by atoms with Gasteiger partial charge in [-0.05, 0) is 63.8 Å². The maximum Gasteiger partial charge on any atom is 0.410 e. The topological polar surface area (TPSA) is 42.0 Å². The molecule has 0 N–H and O–H groups in total. The number of piperidine rings is 1. The number of halogens is 1. The number of hydrogen-bond acceptors (Lipinski definition) is 4. The number of likely N-dealkylation sites (tertiary alicyclic amines) is 1. The van der Waals surface area contributed by atoms with Crippen LogP contribution in [0.1, 0.15) is 45.6 Å². The van der Waals surface area contributed by atoms with Crippen molar-refractivity contribution in [2.24, 2.45) is 0 Å². The van der Waals surface area contributed by atoms with E-state index in [0.717, 1.165) is 56.6 Å². The maximum atomic E-state index is 12.3. The predicted octanol–water partition coefficient (Wildman–Crippen LogP) is 4.33. The van der Waals surface area contributed by atoms with Gasteiger partial charge in [-0.2, -0.15) is 0 Å². The minimum Gasteiger partial charge on any atom is -0.444 e. The summed E-state index contributed by atoms with van der Waals surface area (Å²) in [4.78, 5) is 16.8. The van der Waals surface area contributed by atoms with E-state index in [4.69, 9.17) is 9.47 Å². The lowest BCUT2D eigenvalue weighted by molar-refractivity contribution is 0.0204. The lowest BCUT2D eigenvalue weighted by Gasteiger charge is -2.39. The normalized spacial score (nSPS) is 25.9. The number of nitrogens with zero attached hydrogens (tertiary/aromatic N) is 2. The van der Waals surface area contributed by atoms with Crippen LogP contribution in [0, 0.1) is 0 Å². The Morgan fingerprint density at radius 3 is 2.67 bits per heavy atom. The number of carbonyl (C=O) groups excluding carboxylic acids is 1. The van der Waals surface area contributed by atoms with Gasteiger partial charge in [-0.25, -0.2) is 4.79 Å². The molecule has 4 rings (SSSR count). The molecule has 1 aromatic rings. The molecule has 3 aliphatic rings. The van der Waals surface area contributed by atoms with Gasteiger partial charge in [0.2, 0.25) is 0 Å². The lowest BCUT2D eigenvalue weighted by Crippen LogP contribution is -2.49. The largest absolute Gasteiger partial charge is 0.444 e. The highest BCUT2D eigenvalue weighted by atomic mass is 79.9. The van der Waals surface area contributed by atoms with Crippen LogP contribution in [0.5, 0.6) is 0 Å². The predicted molar refractivity (Wildman–Crippen MR) is 109 cm³/mol. The maximum absolute atomic E-state index is 12.3. The van der Waals surface area contributed by atoms with Crippen LogP contribution < -0.4 is 4.90 Å². The monoisotopic (exact) mass is 436 g/mol. The van der Waals surface area contributed by atoms with Gasteiger partial charge in [-0.3, -0.25) is 0 Å². The zero-order chi connectivity index (χ0) is 19.2. The molecular formula is C21H29BrN2O3. The second-order valence-electron chi connectivity index (χ2n) is 9.07. The van der Waals surface area contributed by atoms with Gasteiger partial charge in [-0.1, -0.05) is 15.9 Å². The van der Waals surface area contributed by atoms with Gasteiger partial charge in [0.05, 0.1) is 6.61 Å². The molecule has 1 unspecified atom stereocenters. The molecule has 3 aliphatic heterocycles. The molecule has 5 nitrogen and oxygen atoms in total. The molecule has 1 spiro atoms. The molecule has 6 heteroatoms. The van der Waals surface area contributed by atoms with Crippen molar-refractivity contribution >= 4 is 27.7 Å². The SMILES string of the molecule is CC(C)(C)OC(=O)N1CCC(N2CC3(CCOC3)c3cc(Br)ccc32)CC1. The van der Waals surface area contributed by atoms with Crippen LogP contribution in [0.3, 0.4) is 0 Å². The molecule has 27 heavy (non-hydrogen) atoms. The van der Waals surface area contributed by atoms with Crippen molar-refractivity contribution in [1.29, 1.82) is 0 Å². The van der Waals surface area contributed by atoms with E-state index >= 15 is 0 Å². The number of rotatable bonds is 1. The van der Waals surface area contributed by atoms with Crippen LogP contribution >= 0.6 is 15.9 Å². The number of hydrogen-bond donors (Lipinski definition) is 0. The molecule has 148 valence electrons. The van der Waals surface area contributed by atoms with Crippen molar-refractivity contribution in [1.82, 2.24) is 4.90 Å². The van der Waals surface area contributed by atoms with Crippen LogP contribution in [0.15, 0.2) is 22.7 Å². The fraction of sp³-hybridized carbons (Fsp3) is 0.667. The Morgan fingerprint density at radius 2 is 2.04 bits per heavy atom. The summed E-state index contributed by atoms with van der Waals surface area (Å²) >= 11 is 3.64. The molecule has 0 aromatic heterocycles. The number of carbonyl (C=O) groups is 1. The molecular weight excluding hydrogens is 408 g/mol. The third kappa shape index (κ3) is 3.70. The summed E-state index contributed by atoms with van der Waals surface area (Å²) in [5.41, 5.74) is 2.45. The van der Waals surface area contributed by atoms with E-state index in [1.165, 1.54) is 11.3 Å². The van der Waals surface area contributed by atoms with Crippen molar-refractivity contribution in [3.63, 3.8) is 0 Å². The number of anilines is 1. The van der Waals surface area contributed by atoms with Crippen LogP contribution in [0.25, 0.3) is 0 Å². The molecule has 0 saturated carbocycles. The van der Waals surface area contributed by atoms with Crippen LogP contribution in [0.4, 0.5) is 10.5 Å². The third-order valence-corrected chi connectivity index (χ3v) is 6.47. The van der Waals surface area contributed by atoms with Gasteiger partial charge in [-0.15, -0.1) is 0 Å². The first-order valence-electron chi connectivity index (χ1n) is 9.90. The molecule has 1 aromatic carbocycles. The van der Waals surface area contributed by atoms with Crippen molar-refractivity contribution in [2.75, 3.05) is 37.7 Å². The van der Waals surface area contributed by atoms with Gasteiger partial charge in [0, 0.05) is 47.9 Å². The summed E-state index contributed by atoms with van der Waals surface area (Å²) in [5.74, 6) is 0. The second-order valence-corrected chi connectivity index (χ2v) is 9.99. The number of benzene rings is 1. The Morgan fingerprint density at radius 1 is 1.30 bits per heavy atom. The molecule has 3 heterocycles. The van der Waals surface area contributed by atoms with Crippen molar-refractivity contribution < 1.29 is 14.3 Å². The highest BCUT2D eigenvalue weighted by Crippen LogP contribution is 2.48. The van der Waals surface area contributed by atoms with Gasteiger partial charge < -0.3 is 19.3 Å². The van der Waals surface area contributed by atoms with E-state index in [9.17, 15) is 4.79 Å². The first-order chi connectivity index (χ1) is 12.8. The van der Waals surface area contributed by atoms with Crippen LogP contribution in [-0.4, -0.2) is 55.5 Å². The van der Waals surface area contributed by atoms with Crippen molar-refractivity contribution in [3.8, 4) is 0 Å². The first kappa shape index (κ1) is 19.1. The van der Waals surface area contributed by atoms with Gasteiger partial charge in [0.15, 0.2) is 0 Å². The molecule has 2 fully saturated rings. The molecule has 0 radical (unpaired) electrons. The third-order valence-electron chi connectivity index (χ3n) is 5.97. The lowest BCUT2D eigenvalue weighted by atomic mass is 9.82. The fourth-order valence-corrected chi connectivity index (χ4v) is 5.00. The van der Waals surface area contributed by atoms with E-state index in [2.05, 4.69) is 39.0 Å². The van der Waals surface area contributed by atoms with Gasteiger partial charge >= 0.3 is 6.09 Å². The smallest absolute Gasteiger partial charge is 0.410 e. The van der Waals surface area contributed by atoms with E-state index in [1.54, 1.807) is 0 Å². The van der Waals surface area contributed by atoms with Crippen molar-refractivity contribution in [3.05, 3.63) is 28.2 Å². The summed E-state index contributed by atoms with van der Waals surface area (Å²) in [6.07, 6.45) is 2.86. The second kappa shape index (κ2) is 6.96. The number of ether oxygens (including phenoxy) is 2. The summed E-state index contributed by atoms with van der Waals surface area (Å²) in [5, 5.41) is 0. The average molecular weight is 437 g/mol. The Kier molecular flexibility index (Phi) is 4.91. The molecule has 1 amide bonds. The summed E-state index contributed by atoms with van der Waals surface area (Å²) in [6.45, 7) is 9.94. The van der Waals surface area contributed by atoms with E-state index in [0.29, 0.717) is 6.04 Å². The van der Waals surface area contributed by atoms with Gasteiger partial charge in [0.1, 0.15) is 5.60 Å². The average Bonchev–Trinajstić information content (AvgIpc) is 3.20. The Hall–Kier alpha value is -1.27. The highest BCUT2D eigenvalue weighted by Gasteiger charge is 2.47. The minimum absolute atomic E-state index is 0.126. The van der Waals surface area contributed by atoms with E-state index in [1.807, 2.05) is 25.7 Å². The fourth-order valence-electron chi connectivity index (χ4n) is 4.64. The first-order valence-corrected chi connectivity index (χ1v) is 10.7. The van der Waals surface area contributed by atoms with Crippen molar-refractivity contribution in [2.45, 2.75) is 57.1 Å². The molecule has 0 bridgehead atoms. The van der Waals surface area contributed by atoms with Crippen LogP contribution in [-0.2, 0) is 14.9 Å². The Labute approximate surface area is 170 Å². The van der Waals surface area contributed by atoms with E-state index < -0.39 is 5.60 Å². The number of amides is 1. The summed E-state index contributed by atoms with van der Waals surface area (Å²) in [7, 11) is 0. The highest BCUT2D eigenvalue weighted by molar-refractivity contribution is 9.10. The Balaban J connectivity index is 1.47. The zero-order valence-electron chi connectivity index (χ0n) is 16.5. The van der Waals surface area contributed by atoms with Crippen LogP contribution in [0.2, 0.25) is 0 Å². The standard InChI is InChI=1S/C21H29BrN2O3/c1-20(2,3)27-19(25)23-9-6-16(7-10-23)24-13-21(8-11-26-14-21)17-12-15(22)4-5-18(17)24/h4-5,12,16H,6-11,13-14H2,1-3H3.